The fourth-order valence-corrected chi connectivity index (χ4v) is 6.66. The summed E-state index contributed by atoms with van der Waals surface area (Å²) in [6.45, 7) is 4.82. The third-order valence-electron chi connectivity index (χ3n) is 8.21. The summed E-state index contributed by atoms with van der Waals surface area (Å²) in [7, 11) is 0. The number of hydrogen-bond acceptors (Lipinski definition) is 5. The number of fused-ring (bicyclic) bond motifs is 1. The minimum absolute atomic E-state index is 0.301. The number of carbonyl (C=O) groups excluding carboxylic acids is 1. The number of carbonyl (C=O) groups is 1. The van der Waals surface area contributed by atoms with E-state index < -0.39 is 5.72 Å². The van der Waals surface area contributed by atoms with E-state index in [1.165, 1.54) is 16.8 Å². The van der Waals surface area contributed by atoms with Gasteiger partial charge >= 0.3 is 5.97 Å². The van der Waals surface area contributed by atoms with Crippen molar-refractivity contribution in [2.45, 2.75) is 38.3 Å². The Morgan fingerprint density at radius 3 is 2.18 bits per heavy atom. The number of hydrogen-bond donors (Lipinski definition) is 0. The fourth-order valence-electron chi connectivity index (χ4n) is 6.66. The van der Waals surface area contributed by atoms with E-state index in [0.717, 1.165) is 67.0 Å². The van der Waals surface area contributed by atoms with Crippen molar-refractivity contribution in [3.63, 3.8) is 0 Å². The molecule has 0 fully saturated rings. The molecule has 0 aliphatic carbocycles. The van der Waals surface area contributed by atoms with E-state index in [1.807, 2.05) is 61.5 Å². The summed E-state index contributed by atoms with van der Waals surface area (Å²) in [5.74, 6) is 0.510. The molecule has 0 radical (unpaired) electrons. The molecule has 0 bridgehead atoms. The van der Waals surface area contributed by atoms with E-state index in [0.29, 0.717) is 12.2 Å². The van der Waals surface area contributed by atoms with Crippen LogP contribution in [0, 0.1) is 0 Å². The van der Waals surface area contributed by atoms with Gasteiger partial charge in [0.05, 0.1) is 12.2 Å². The zero-order chi connectivity index (χ0) is 26.4. The summed E-state index contributed by atoms with van der Waals surface area (Å²) in [6.07, 6.45) is 4.35. The zero-order valence-electron chi connectivity index (χ0n) is 22.2. The Bertz CT molecular complexity index is 1500. The molecular weight excluding hydrogens is 484 g/mol. The Labute approximate surface area is 229 Å². The van der Waals surface area contributed by atoms with Crippen LogP contribution in [0.25, 0.3) is 0 Å². The summed E-state index contributed by atoms with van der Waals surface area (Å²) in [5.41, 5.74) is 7.28. The largest absolute Gasteiger partial charge is 0.494 e. The van der Waals surface area contributed by atoms with Crippen molar-refractivity contribution in [3.05, 3.63) is 119 Å². The molecule has 0 spiro atoms. The van der Waals surface area contributed by atoms with Crippen molar-refractivity contribution >= 4 is 23.0 Å². The van der Waals surface area contributed by atoms with E-state index in [-0.39, 0.29) is 5.97 Å². The zero-order valence-corrected chi connectivity index (χ0v) is 22.2. The molecule has 4 aromatic carbocycles. The first-order chi connectivity index (χ1) is 19.2. The first-order valence-electron chi connectivity index (χ1n) is 14.0. The van der Waals surface area contributed by atoms with Gasteiger partial charge in [0.25, 0.3) is 0 Å². The SMILES string of the molecule is CCOc1ccc(N(c2ccccc2)C2(c3cc4c5c(c3)CCCN5CCC4)OC(=O)c3ccccc32)cc1. The molecule has 39 heavy (non-hydrogen) atoms. The van der Waals surface area contributed by atoms with Crippen molar-refractivity contribution < 1.29 is 14.3 Å². The number of rotatable bonds is 6. The number of cyclic esters (lactones) is 1. The average molecular weight is 517 g/mol. The van der Waals surface area contributed by atoms with E-state index in [2.05, 4.69) is 46.2 Å². The van der Waals surface area contributed by atoms with Crippen LogP contribution in [0.3, 0.4) is 0 Å². The Morgan fingerprint density at radius 1 is 0.846 bits per heavy atom. The van der Waals surface area contributed by atoms with E-state index in [9.17, 15) is 4.79 Å². The number of ether oxygens (including phenoxy) is 2. The van der Waals surface area contributed by atoms with Crippen molar-refractivity contribution in [1.82, 2.24) is 0 Å². The summed E-state index contributed by atoms with van der Waals surface area (Å²) >= 11 is 0. The normalized spacial score (nSPS) is 19.2. The van der Waals surface area contributed by atoms with Gasteiger partial charge in [-0.25, -0.2) is 4.79 Å². The summed E-state index contributed by atoms with van der Waals surface area (Å²) in [5, 5.41) is 0. The monoisotopic (exact) mass is 516 g/mol. The highest BCUT2D eigenvalue weighted by molar-refractivity contribution is 5.97. The highest BCUT2D eigenvalue weighted by Gasteiger charge is 2.53. The highest BCUT2D eigenvalue weighted by atomic mass is 16.6. The maximum absolute atomic E-state index is 13.6. The van der Waals surface area contributed by atoms with Gasteiger partial charge in [-0.05, 0) is 98.3 Å². The topological polar surface area (TPSA) is 42.0 Å². The van der Waals surface area contributed by atoms with Crippen LogP contribution in [0.5, 0.6) is 5.75 Å². The first-order valence-corrected chi connectivity index (χ1v) is 14.0. The third kappa shape index (κ3) is 3.79. The fraction of sp³-hybridized carbons (Fsp3) is 0.265. The van der Waals surface area contributed by atoms with Gasteiger partial charge < -0.3 is 14.4 Å². The Balaban J connectivity index is 1.51. The molecule has 5 nitrogen and oxygen atoms in total. The molecule has 0 aromatic heterocycles. The minimum Gasteiger partial charge on any atom is -0.494 e. The number of aryl methyl sites for hydroxylation is 2. The molecular formula is C34H32N2O3. The lowest BCUT2D eigenvalue weighted by Gasteiger charge is -2.44. The van der Waals surface area contributed by atoms with Crippen LogP contribution >= 0.6 is 0 Å². The molecule has 1 atom stereocenters. The van der Waals surface area contributed by atoms with E-state index in [4.69, 9.17) is 9.47 Å². The predicted molar refractivity (Wildman–Crippen MR) is 154 cm³/mol. The molecule has 4 aromatic rings. The second-order valence-electron chi connectivity index (χ2n) is 10.5. The second kappa shape index (κ2) is 9.49. The van der Waals surface area contributed by atoms with Gasteiger partial charge in [-0.1, -0.05) is 36.4 Å². The summed E-state index contributed by atoms with van der Waals surface area (Å²) in [4.78, 5) is 18.3. The summed E-state index contributed by atoms with van der Waals surface area (Å²) < 4.78 is 12.4. The van der Waals surface area contributed by atoms with Crippen molar-refractivity contribution in [2.75, 3.05) is 29.5 Å². The molecule has 0 amide bonds. The lowest BCUT2D eigenvalue weighted by molar-refractivity contribution is 0.0133. The van der Waals surface area contributed by atoms with E-state index >= 15 is 0 Å². The third-order valence-corrected chi connectivity index (χ3v) is 8.21. The number of anilines is 3. The number of benzene rings is 4. The van der Waals surface area contributed by atoms with Gasteiger partial charge in [-0.3, -0.25) is 4.90 Å². The van der Waals surface area contributed by atoms with Crippen molar-refractivity contribution in [2.24, 2.45) is 0 Å². The molecule has 0 saturated carbocycles. The minimum atomic E-state index is -1.16. The van der Waals surface area contributed by atoms with E-state index in [1.54, 1.807) is 0 Å². The Morgan fingerprint density at radius 2 is 1.49 bits per heavy atom. The molecule has 5 heteroatoms. The quantitative estimate of drug-likeness (QED) is 0.258. The second-order valence-corrected chi connectivity index (χ2v) is 10.5. The summed E-state index contributed by atoms with van der Waals surface area (Å²) in [6, 6.07) is 30.8. The van der Waals surface area contributed by atoms with Crippen LogP contribution in [0.15, 0.2) is 91.0 Å². The molecule has 0 N–H and O–H groups in total. The van der Waals surface area contributed by atoms with Crippen LogP contribution in [0.1, 0.15) is 52.4 Å². The number of esters is 1. The molecule has 3 aliphatic rings. The van der Waals surface area contributed by atoms with Gasteiger partial charge in [-0.2, -0.15) is 0 Å². The Hall–Kier alpha value is -4.25. The molecule has 196 valence electrons. The average Bonchev–Trinajstić information content (AvgIpc) is 3.28. The van der Waals surface area contributed by atoms with Gasteiger partial charge in [0.1, 0.15) is 5.75 Å². The van der Waals surface area contributed by atoms with Gasteiger partial charge in [0.15, 0.2) is 0 Å². The Kier molecular flexibility index (Phi) is 5.80. The maximum Gasteiger partial charge on any atom is 0.341 e. The predicted octanol–water partition coefficient (Wildman–Crippen LogP) is 6.99. The van der Waals surface area contributed by atoms with Gasteiger partial charge in [0.2, 0.25) is 5.72 Å². The molecule has 3 aliphatic heterocycles. The van der Waals surface area contributed by atoms with Crippen LogP contribution in [-0.2, 0) is 23.3 Å². The van der Waals surface area contributed by atoms with Crippen molar-refractivity contribution in [1.29, 1.82) is 0 Å². The van der Waals surface area contributed by atoms with Crippen LogP contribution in [0.4, 0.5) is 17.1 Å². The molecule has 7 rings (SSSR count). The lowest BCUT2D eigenvalue weighted by Crippen LogP contribution is -2.45. The van der Waals surface area contributed by atoms with Gasteiger partial charge in [0, 0.05) is 41.3 Å². The van der Waals surface area contributed by atoms with Crippen LogP contribution < -0.4 is 14.5 Å². The molecule has 0 saturated heterocycles. The van der Waals surface area contributed by atoms with Crippen LogP contribution in [0.2, 0.25) is 0 Å². The molecule has 3 heterocycles. The smallest absolute Gasteiger partial charge is 0.341 e. The number of para-hydroxylation sites is 1. The maximum atomic E-state index is 13.6. The number of nitrogens with zero attached hydrogens (tertiary/aromatic N) is 2. The van der Waals surface area contributed by atoms with Crippen molar-refractivity contribution in [3.8, 4) is 5.75 Å². The first kappa shape index (κ1) is 23.8. The standard InChI is InChI=1S/C34H32N2O3/c1-2-38-29-18-16-28(17-19-29)36(27-12-4-3-5-13-27)34(31-15-7-6-14-30(31)33(37)39-34)26-22-24-10-8-20-35-21-9-11-25(23-26)32(24)35/h3-7,12-19,22-23H,2,8-11,20-21H2,1H3. The van der Waals surface area contributed by atoms with Crippen LogP contribution in [-0.4, -0.2) is 25.7 Å². The molecule has 1 unspecified atom stereocenters. The lowest BCUT2D eigenvalue weighted by atomic mass is 9.84. The van der Waals surface area contributed by atoms with Gasteiger partial charge in [-0.15, -0.1) is 0 Å². The highest BCUT2D eigenvalue weighted by Crippen LogP contribution is 2.52.